The van der Waals surface area contributed by atoms with Gasteiger partial charge in [-0.15, -0.1) is 0 Å². The molecule has 9 heteroatoms. The second kappa shape index (κ2) is 9.11. The number of benzene rings is 1. The zero-order chi connectivity index (χ0) is 19.2. The van der Waals surface area contributed by atoms with E-state index in [0.29, 0.717) is 31.2 Å². The van der Waals surface area contributed by atoms with E-state index in [1.807, 2.05) is 0 Å². The molecule has 0 bridgehead atoms. The molecule has 1 fully saturated rings. The van der Waals surface area contributed by atoms with Gasteiger partial charge in [-0.25, -0.2) is 13.1 Å². The summed E-state index contributed by atoms with van der Waals surface area (Å²) in [7, 11) is -2.15. The van der Waals surface area contributed by atoms with Gasteiger partial charge in [0.05, 0.1) is 17.4 Å². The number of hydrogen-bond acceptors (Lipinski definition) is 5. The van der Waals surface area contributed by atoms with E-state index < -0.39 is 16.0 Å². The largest absolute Gasteiger partial charge is 0.481 e. The first kappa shape index (κ1) is 20.3. The van der Waals surface area contributed by atoms with Crippen molar-refractivity contribution < 1.29 is 27.9 Å². The molecule has 8 nitrogen and oxygen atoms in total. The Labute approximate surface area is 153 Å². The van der Waals surface area contributed by atoms with Gasteiger partial charge in [-0.2, -0.15) is 0 Å². The van der Waals surface area contributed by atoms with Crippen molar-refractivity contribution in [1.82, 2.24) is 10.0 Å². The van der Waals surface area contributed by atoms with E-state index in [4.69, 9.17) is 9.84 Å². The van der Waals surface area contributed by atoms with Crippen LogP contribution in [0.15, 0.2) is 29.2 Å². The Kier molecular flexibility index (Phi) is 7.13. The Bertz CT molecular complexity index is 724. The zero-order valence-corrected chi connectivity index (χ0v) is 15.4. The average molecular weight is 384 g/mol. The minimum Gasteiger partial charge on any atom is -0.481 e. The lowest BCUT2D eigenvalue weighted by molar-refractivity contribution is -0.142. The number of sulfonamides is 1. The van der Waals surface area contributed by atoms with Crippen LogP contribution in [0.4, 0.5) is 0 Å². The molecule has 1 saturated carbocycles. The van der Waals surface area contributed by atoms with Crippen molar-refractivity contribution >= 4 is 21.9 Å². The molecule has 0 unspecified atom stereocenters. The van der Waals surface area contributed by atoms with E-state index in [2.05, 4.69) is 10.0 Å². The van der Waals surface area contributed by atoms with Crippen LogP contribution in [0.3, 0.4) is 0 Å². The Morgan fingerprint density at radius 1 is 1.15 bits per heavy atom. The summed E-state index contributed by atoms with van der Waals surface area (Å²) in [6, 6.07) is 5.63. The molecule has 0 radical (unpaired) electrons. The molecule has 1 aromatic carbocycles. The Balaban J connectivity index is 1.91. The fraction of sp³-hybridized carbons (Fsp3) is 0.529. The third-order valence-corrected chi connectivity index (χ3v) is 5.91. The number of carboxylic acid groups (broad SMARTS) is 1. The Morgan fingerprint density at radius 2 is 1.77 bits per heavy atom. The molecule has 1 aliphatic carbocycles. The summed E-state index contributed by atoms with van der Waals surface area (Å²) in [4.78, 5) is 23.3. The van der Waals surface area contributed by atoms with E-state index in [9.17, 15) is 18.0 Å². The van der Waals surface area contributed by atoms with Gasteiger partial charge in [0.2, 0.25) is 10.0 Å². The number of carboxylic acids is 1. The monoisotopic (exact) mass is 384 g/mol. The lowest BCUT2D eigenvalue weighted by Crippen LogP contribution is -2.38. The number of aliphatic carboxylic acids is 1. The lowest BCUT2D eigenvalue weighted by atomic mass is 9.86. The van der Waals surface area contributed by atoms with Gasteiger partial charge in [0.1, 0.15) is 0 Å². The number of hydrogen-bond donors (Lipinski definition) is 3. The lowest BCUT2D eigenvalue weighted by Gasteiger charge is -2.26. The smallest absolute Gasteiger partial charge is 0.306 e. The molecule has 0 aliphatic heterocycles. The second-order valence-corrected chi connectivity index (χ2v) is 8.04. The van der Waals surface area contributed by atoms with Gasteiger partial charge in [0, 0.05) is 25.3 Å². The van der Waals surface area contributed by atoms with Gasteiger partial charge < -0.3 is 15.2 Å². The van der Waals surface area contributed by atoms with Gasteiger partial charge in [-0.05, 0) is 49.9 Å². The van der Waals surface area contributed by atoms with E-state index in [1.165, 1.54) is 31.4 Å². The molecule has 1 aromatic rings. The van der Waals surface area contributed by atoms with Crippen molar-refractivity contribution in [2.45, 2.75) is 36.6 Å². The van der Waals surface area contributed by atoms with Crippen LogP contribution in [-0.4, -0.2) is 51.7 Å². The second-order valence-electron chi connectivity index (χ2n) is 6.28. The van der Waals surface area contributed by atoms with E-state index in [-0.39, 0.29) is 35.9 Å². The predicted octanol–water partition coefficient (Wildman–Crippen LogP) is 0.984. The summed E-state index contributed by atoms with van der Waals surface area (Å²) < 4.78 is 31.4. The highest BCUT2D eigenvalue weighted by Gasteiger charge is 2.27. The number of carbonyl (C=O) groups excluding carboxylic acids is 1. The van der Waals surface area contributed by atoms with Crippen molar-refractivity contribution in [2.75, 3.05) is 20.3 Å². The van der Waals surface area contributed by atoms with Gasteiger partial charge in [-0.3, -0.25) is 9.59 Å². The molecular weight excluding hydrogens is 360 g/mol. The number of nitrogens with one attached hydrogen (secondary N) is 2. The highest BCUT2D eigenvalue weighted by Crippen LogP contribution is 2.24. The van der Waals surface area contributed by atoms with Gasteiger partial charge in [0.15, 0.2) is 0 Å². The molecule has 0 saturated heterocycles. The molecular formula is C17H24N2O6S. The van der Waals surface area contributed by atoms with Gasteiger partial charge in [0.25, 0.3) is 5.91 Å². The number of methoxy groups -OCH3 is 1. The van der Waals surface area contributed by atoms with Crippen molar-refractivity contribution in [3.8, 4) is 0 Å². The van der Waals surface area contributed by atoms with Crippen LogP contribution in [0.5, 0.6) is 0 Å². The maximum absolute atomic E-state index is 12.3. The molecule has 0 aromatic heterocycles. The van der Waals surface area contributed by atoms with Gasteiger partial charge in [-0.1, -0.05) is 0 Å². The predicted molar refractivity (Wildman–Crippen MR) is 94.4 cm³/mol. The Hall–Kier alpha value is -1.97. The van der Waals surface area contributed by atoms with Crippen molar-refractivity contribution in [1.29, 1.82) is 0 Å². The first-order valence-corrected chi connectivity index (χ1v) is 9.94. The van der Waals surface area contributed by atoms with Crippen LogP contribution in [0.1, 0.15) is 36.0 Å². The van der Waals surface area contributed by atoms with E-state index >= 15 is 0 Å². The quantitative estimate of drug-likeness (QED) is 0.575. The third kappa shape index (κ3) is 5.52. The SMILES string of the molecule is COCCNS(=O)(=O)c1ccc(C(=O)NC2CCC(C(=O)O)CC2)cc1. The fourth-order valence-electron chi connectivity index (χ4n) is 2.90. The Morgan fingerprint density at radius 3 is 2.31 bits per heavy atom. The molecule has 0 heterocycles. The maximum Gasteiger partial charge on any atom is 0.306 e. The molecule has 3 N–H and O–H groups in total. The van der Waals surface area contributed by atoms with E-state index in [0.717, 1.165) is 0 Å². The molecule has 1 amide bonds. The van der Waals surface area contributed by atoms with Crippen LogP contribution in [0.25, 0.3) is 0 Å². The van der Waals surface area contributed by atoms with Crippen molar-refractivity contribution in [3.05, 3.63) is 29.8 Å². The summed E-state index contributed by atoms with van der Waals surface area (Å²) in [6.45, 7) is 0.434. The first-order valence-electron chi connectivity index (χ1n) is 8.46. The molecule has 1 aliphatic rings. The summed E-state index contributed by atoms with van der Waals surface area (Å²) in [5, 5.41) is 11.9. The topological polar surface area (TPSA) is 122 Å². The molecule has 2 rings (SSSR count). The van der Waals surface area contributed by atoms with Crippen LogP contribution in [-0.2, 0) is 19.6 Å². The standard InChI is InChI=1S/C17H24N2O6S/c1-25-11-10-18-26(23,24)15-8-4-12(5-9-15)16(20)19-14-6-2-13(3-7-14)17(21)22/h4-5,8-9,13-14,18H,2-3,6-7,10-11H2,1H3,(H,19,20)(H,21,22). The summed E-state index contributed by atoms with van der Waals surface area (Å²) in [5.74, 6) is -1.41. The van der Waals surface area contributed by atoms with Gasteiger partial charge >= 0.3 is 5.97 Å². The average Bonchev–Trinajstić information content (AvgIpc) is 2.62. The minimum atomic E-state index is -3.63. The number of ether oxygens (including phenoxy) is 1. The summed E-state index contributed by atoms with van der Waals surface area (Å²) >= 11 is 0. The van der Waals surface area contributed by atoms with Crippen LogP contribution >= 0.6 is 0 Å². The highest BCUT2D eigenvalue weighted by atomic mass is 32.2. The van der Waals surface area contributed by atoms with Crippen LogP contribution in [0, 0.1) is 5.92 Å². The molecule has 144 valence electrons. The van der Waals surface area contributed by atoms with Crippen molar-refractivity contribution in [2.24, 2.45) is 5.92 Å². The fourth-order valence-corrected chi connectivity index (χ4v) is 3.91. The third-order valence-electron chi connectivity index (χ3n) is 4.44. The molecule has 26 heavy (non-hydrogen) atoms. The summed E-state index contributed by atoms with van der Waals surface area (Å²) in [6.07, 6.45) is 2.34. The van der Waals surface area contributed by atoms with Crippen LogP contribution in [0.2, 0.25) is 0 Å². The minimum absolute atomic E-state index is 0.0581. The number of rotatable bonds is 8. The first-order chi connectivity index (χ1) is 12.3. The van der Waals surface area contributed by atoms with Crippen molar-refractivity contribution in [3.63, 3.8) is 0 Å². The normalized spacial score (nSPS) is 20.5. The summed E-state index contributed by atoms with van der Waals surface area (Å²) in [5.41, 5.74) is 0.362. The highest BCUT2D eigenvalue weighted by molar-refractivity contribution is 7.89. The maximum atomic E-state index is 12.3. The number of carbonyl (C=O) groups is 2. The molecule has 0 atom stereocenters. The zero-order valence-electron chi connectivity index (χ0n) is 14.6. The van der Waals surface area contributed by atoms with Crippen LogP contribution < -0.4 is 10.0 Å². The molecule has 0 spiro atoms. The van der Waals surface area contributed by atoms with E-state index in [1.54, 1.807) is 0 Å². The number of amides is 1.